The molecule has 1 saturated heterocycles. The summed E-state index contributed by atoms with van der Waals surface area (Å²) in [6, 6.07) is 6.90. The van der Waals surface area contributed by atoms with Gasteiger partial charge in [-0.15, -0.1) is 0 Å². The summed E-state index contributed by atoms with van der Waals surface area (Å²) in [7, 11) is 2.16. The zero-order chi connectivity index (χ0) is 13.1. The number of anilines is 1. The number of aliphatic hydroxyl groups is 1. The highest BCUT2D eigenvalue weighted by Crippen LogP contribution is 2.28. The van der Waals surface area contributed by atoms with Gasteiger partial charge in [-0.2, -0.15) is 0 Å². The summed E-state index contributed by atoms with van der Waals surface area (Å²) in [6.45, 7) is 7.80. The van der Waals surface area contributed by atoms with Crippen LogP contribution >= 0.6 is 0 Å². The quantitative estimate of drug-likeness (QED) is 0.883. The van der Waals surface area contributed by atoms with Crippen molar-refractivity contribution in [3.63, 3.8) is 0 Å². The van der Waals surface area contributed by atoms with E-state index in [1.54, 1.807) is 0 Å². The minimum Gasteiger partial charge on any atom is -0.396 e. The summed E-state index contributed by atoms with van der Waals surface area (Å²) in [4.78, 5) is 4.84. The highest BCUT2D eigenvalue weighted by Gasteiger charge is 2.26. The van der Waals surface area contributed by atoms with E-state index in [0.29, 0.717) is 6.04 Å². The van der Waals surface area contributed by atoms with Crippen LogP contribution in [0.1, 0.15) is 17.5 Å². The molecule has 1 aromatic carbocycles. The zero-order valence-electron chi connectivity index (χ0n) is 11.7. The molecule has 0 spiro atoms. The van der Waals surface area contributed by atoms with E-state index in [2.05, 4.69) is 48.9 Å². The Morgan fingerprint density at radius 3 is 2.50 bits per heavy atom. The summed E-state index contributed by atoms with van der Waals surface area (Å²) in [5, 5.41) is 9.26. The minimum absolute atomic E-state index is 0.264. The first-order chi connectivity index (χ1) is 8.63. The van der Waals surface area contributed by atoms with Crippen molar-refractivity contribution in [2.75, 3.05) is 38.2 Å². The van der Waals surface area contributed by atoms with Gasteiger partial charge in [0, 0.05) is 38.0 Å². The molecule has 0 aliphatic carbocycles. The van der Waals surface area contributed by atoms with Crippen molar-refractivity contribution in [1.82, 2.24) is 4.90 Å². The Hall–Kier alpha value is -1.06. The van der Waals surface area contributed by atoms with Gasteiger partial charge in [0.1, 0.15) is 0 Å². The minimum atomic E-state index is 0.264. The molecule has 3 nitrogen and oxygen atoms in total. The first-order valence-corrected chi connectivity index (χ1v) is 6.75. The SMILES string of the molecule is Cc1cccc(C)c1N1CCN(C)CC1CCO. The molecule has 0 bridgehead atoms. The monoisotopic (exact) mass is 248 g/mol. The van der Waals surface area contributed by atoms with Gasteiger partial charge in [0.25, 0.3) is 0 Å². The number of para-hydroxylation sites is 1. The molecule has 100 valence electrons. The lowest BCUT2D eigenvalue weighted by atomic mass is 10.0. The molecule has 3 heteroatoms. The fraction of sp³-hybridized carbons (Fsp3) is 0.600. The summed E-state index contributed by atoms with van der Waals surface area (Å²) < 4.78 is 0. The summed E-state index contributed by atoms with van der Waals surface area (Å²) >= 11 is 0. The first-order valence-electron chi connectivity index (χ1n) is 6.75. The average molecular weight is 248 g/mol. The third kappa shape index (κ3) is 2.68. The molecule has 1 aliphatic heterocycles. The van der Waals surface area contributed by atoms with Crippen LogP contribution < -0.4 is 4.90 Å². The number of aryl methyl sites for hydroxylation is 2. The number of nitrogens with zero attached hydrogens (tertiary/aromatic N) is 2. The highest BCUT2D eigenvalue weighted by atomic mass is 16.3. The number of hydrogen-bond acceptors (Lipinski definition) is 3. The third-order valence-corrected chi connectivity index (χ3v) is 3.87. The van der Waals surface area contributed by atoms with Crippen LogP contribution in [-0.2, 0) is 0 Å². The van der Waals surface area contributed by atoms with Gasteiger partial charge in [-0.3, -0.25) is 0 Å². The van der Waals surface area contributed by atoms with E-state index in [1.807, 2.05) is 0 Å². The van der Waals surface area contributed by atoms with Crippen LogP contribution in [0.15, 0.2) is 18.2 Å². The van der Waals surface area contributed by atoms with Crippen molar-refractivity contribution < 1.29 is 5.11 Å². The third-order valence-electron chi connectivity index (χ3n) is 3.87. The van der Waals surface area contributed by atoms with Crippen molar-refractivity contribution in [2.24, 2.45) is 0 Å². The average Bonchev–Trinajstić information content (AvgIpc) is 2.32. The van der Waals surface area contributed by atoms with Crippen LogP contribution in [0.3, 0.4) is 0 Å². The molecule has 0 aromatic heterocycles. The second kappa shape index (κ2) is 5.72. The molecule has 0 radical (unpaired) electrons. The Morgan fingerprint density at radius 2 is 1.89 bits per heavy atom. The van der Waals surface area contributed by atoms with Crippen molar-refractivity contribution in [3.05, 3.63) is 29.3 Å². The van der Waals surface area contributed by atoms with E-state index < -0.39 is 0 Å². The van der Waals surface area contributed by atoms with Crippen LogP contribution in [0.2, 0.25) is 0 Å². The van der Waals surface area contributed by atoms with Crippen molar-refractivity contribution in [2.45, 2.75) is 26.3 Å². The van der Waals surface area contributed by atoms with Gasteiger partial charge in [-0.05, 0) is 38.4 Å². The number of piperazine rings is 1. The van der Waals surface area contributed by atoms with E-state index >= 15 is 0 Å². The zero-order valence-corrected chi connectivity index (χ0v) is 11.7. The van der Waals surface area contributed by atoms with E-state index in [4.69, 9.17) is 0 Å². The maximum Gasteiger partial charge on any atom is 0.0451 e. The van der Waals surface area contributed by atoms with E-state index in [0.717, 1.165) is 26.1 Å². The molecular formula is C15H24N2O. The van der Waals surface area contributed by atoms with Crippen LogP contribution in [-0.4, -0.2) is 49.3 Å². The lowest BCUT2D eigenvalue weighted by molar-refractivity contribution is 0.219. The van der Waals surface area contributed by atoms with E-state index in [9.17, 15) is 5.11 Å². The Kier molecular flexibility index (Phi) is 4.25. The number of likely N-dealkylation sites (N-methyl/N-ethyl adjacent to an activating group) is 1. The molecule has 1 unspecified atom stereocenters. The predicted octanol–water partition coefficient (Wildman–Crippen LogP) is 1.81. The number of rotatable bonds is 3. The number of benzene rings is 1. The van der Waals surface area contributed by atoms with Crippen LogP contribution in [0.4, 0.5) is 5.69 Å². The molecule has 18 heavy (non-hydrogen) atoms. The Balaban J connectivity index is 2.29. The summed E-state index contributed by atoms with van der Waals surface area (Å²) in [5.74, 6) is 0. The van der Waals surface area contributed by atoms with Gasteiger partial charge >= 0.3 is 0 Å². The van der Waals surface area contributed by atoms with Crippen LogP contribution in [0, 0.1) is 13.8 Å². The number of aliphatic hydroxyl groups excluding tert-OH is 1. The molecule has 1 aromatic rings. The summed E-state index contributed by atoms with van der Waals surface area (Å²) in [5.41, 5.74) is 4.04. The van der Waals surface area contributed by atoms with Crippen LogP contribution in [0.5, 0.6) is 0 Å². The normalized spacial score (nSPS) is 21.3. The lowest BCUT2D eigenvalue weighted by Crippen LogP contribution is -2.52. The first kappa shape index (κ1) is 13.4. The molecule has 1 heterocycles. The van der Waals surface area contributed by atoms with Crippen molar-refractivity contribution in [1.29, 1.82) is 0 Å². The highest BCUT2D eigenvalue weighted by molar-refractivity contribution is 5.60. The Morgan fingerprint density at radius 1 is 1.22 bits per heavy atom. The Labute approximate surface area is 110 Å². The maximum atomic E-state index is 9.26. The van der Waals surface area contributed by atoms with E-state index in [-0.39, 0.29) is 6.61 Å². The van der Waals surface area contributed by atoms with Gasteiger partial charge in [-0.1, -0.05) is 18.2 Å². The van der Waals surface area contributed by atoms with Gasteiger partial charge < -0.3 is 14.9 Å². The second-order valence-corrected chi connectivity index (χ2v) is 5.36. The molecule has 1 N–H and O–H groups in total. The summed E-state index contributed by atoms with van der Waals surface area (Å²) in [6.07, 6.45) is 0.845. The van der Waals surface area contributed by atoms with E-state index in [1.165, 1.54) is 16.8 Å². The predicted molar refractivity (Wildman–Crippen MR) is 76.2 cm³/mol. The largest absolute Gasteiger partial charge is 0.396 e. The van der Waals surface area contributed by atoms with Gasteiger partial charge in [0.2, 0.25) is 0 Å². The Bertz CT molecular complexity index is 385. The topological polar surface area (TPSA) is 26.7 Å². The molecule has 1 aliphatic rings. The molecular weight excluding hydrogens is 224 g/mol. The second-order valence-electron chi connectivity index (χ2n) is 5.36. The van der Waals surface area contributed by atoms with Gasteiger partial charge in [0.05, 0.1) is 0 Å². The standard InChI is InChI=1S/C15H24N2O/c1-12-5-4-6-13(2)15(12)17-9-8-16(3)11-14(17)7-10-18/h4-6,14,18H,7-11H2,1-3H3. The lowest BCUT2D eigenvalue weighted by Gasteiger charge is -2.42. The molecule has 1 atom stereocenters. The van der Waals surface area contributed by atoms with Gasteiger partial charge in [-0.25, -0.2) is 0 Å². The molecule has 1 fully saturated rings. The fourth-order valence-electron chi connectivity index (χ4n) is 2.96. The molecule has 0 saturated carbocycles. The van der Waals surface area contributed by atoms with Crippen molar-refractivity contribution >= 4 is 5.69 Å². The molecule has 0 amide bonds. The van der Waals surface area contributed by atoms with Gasteiger partial charge in [0.15, 0.2) is 0 Å². The van der Waals surface area contributed by atoms with Crippen LogP contribution in [0.25, 0.3) is 0 Å². The smallest absolute Gasteiger partial charge is 0.0451 e. The number of hydrogen-bond donors (Lipinski definition) is 1. The fourth-order valence-corrected chi connectivity index (χ4v) is 2.96. The maximum absolute atomic E-state index is 9.26. The van der Waals surface area contributed by atoms with Crippen molar-refractivity contribution in [3.8, 4) is 0 Å². The molecule has 2 rings (SSSR count).